The van der Waals surface area contributed by atoms with Gasteiger partial charge >= 0.3 is 0 Å². The molecule has 19 heavy (non-hydrogen) atoms. The molecule has 2 heteroatoms. The Hall–Kier alpha value is -0.860. The number of nitrogens with zero attached hydrogens (tertiary/aromatic N) is 1. The average Bonchev–Trinajstić information content (AvgIpc) is 2.27. The molecule has 0 bridgehead atoms. The van der Waals surface area contributed by atoms with Crippen LogP contribution in [0.2, 0.25) is 0 Å². The van der Waals surface area contributed by atoms with Crippen molar-refractivity contribution in [3.63, 3.8) is 0 Å². The third kappa shape index (κ3) is 4.63. The van der Waals surface area contributed by atoms with Gasteiger partial charge in [0.2, 0.25) is 0 Å². The summed E-state index contributed by atoms with van der Waals surface area (Å²) >= 11 is 0. The highest BCUT2D eigenvalue weighted by atomic mass is 15.2. The maximum atomic E-state index is 6.03. The maximum absolute atomic E-state index is 6.03. The van der Waals surface area contributed by atoms with Gasteiger partial charge in [-0.2, -0.15) is 0 Å². The molecule has 0 aromatic heterocycles. The predicted molar refractivity (Wildman–Crippen MR) is 84.4 cm³/mol. The number of benzene rings is 1. The van der Waals surface area contributed by atoms with Crippen molar-refractivity contribution < 1.29 is 0 Å². The fourth-order valence-corrected chi connectivity index (χ4v) is 2.90. The van der Waals surface area contributed by atoms with E-state index in [0.717, 1.165) is 5.92 Å². The van der Waals surface area contributed by atoms with Crippen LogP contribution in [0.1, 0.15) is 49.9 Å². The molecule has 0 aliphatic rings. The normalized spacial score (nSPS) is 15.0. The molecule has 0 saturated carbocycles. The lowest BCUT2D eigenvalue weighted by Gasteiger charge is -2.34. The summed E-state index contributed by atoms with van der Waals surface area (Å²) in [5, 5.41) is 0. The minimum atomic E-state index is 0.312. The molecular weight excluding hydrogens is 232 g/mol. The molecule has 0 spiro atoms. The van der Waals surface area contributed by atoms with Crippen molar-refractivity contribution in [1.82, 2.24) is 4.90 Å². The number of hydrogen-bond acceptors (Lipinski definition) is 2. The van der Waals surface area contributed by atoms with Gasteiger partial charge in [-0.25, -0.2) is 0 Å². The molecule has 0 saturated heterocycles. The molecule has 2 N–H and O–H groups in total. The third-order valence-electron chi connectivity index (χ3n) is 3.85. The molecule has 2 nitrogen and oxygen atoms in total. The first-order valence-electron chi connectivity index (χ1n) is 7.35. The molecule has 0 amide bonds. The molecule has 2 unspecified atom stereocenters. The molecule has 1 rings (SSSR count). The van der Waals surface area contributed by atoms with Gasteiger partial charge in [0.15, 0.2) is 0 Å². The predicted octanol–water partition coefficient (Wildman–Crippen LogP) is 3.67. The summed E-state index contributed by atoms with van der Waals surface area (Å²) in [4.78, 5) is 2.42. The fourth-order valence-electron chi connectivity index (χ4n) is 2.90. The minimum absolute atomic E-state index is 0.312. The van der Waals surface area contributed by atoms with Crippen molar-refractivity contribution in [2.24, 2.45) is 11.7 Å². The van der Waals surface area contributed by atoms with Crippen LogP contribution >= 0.6 is 0 Å². The van der Waals surface area contributed by atoms with E-state index >= 15 is 0 Å². The van der Waals surface area contributed by atoms with Gasteiger partial charge in [0.1, 0.15) is 0 Å². The molecule has 1 aromatic carbocycles. The number of nitrogens with two attached hydrogens (primary N) is 1. The quantitative estimate of drug-likeness (QED) is 0.847. The largest absolute Gasteiger partial charge is 0.329 e. The van der Waals surface area contributed by atoms with Crippen LogP contribution < -0.4 is 5.73 Å². The summed E-state index contributed by atoms with van der Waals surface area (Å²) < 4.78 is 0. The van der Waals surface area contributed by atoms with Crippen LogP contribution in [0.15, 0.2) is 18.2 Å². The molecule has 0 heterocycles. The zero-order chi connectivity index (χ0) is 14.6. The summed E-state index contributed by atoms with van der Waals surface area (Å²) in [6.45, 7) is 11.8. The van der Waals surface area contributed by atoms with E-state index < -0.39 is 0 Å². The smallest absolute Gasteiger partial charge is 0.0470 e. The Kier molecular flexibility index (Phi) is 6.02. The first kappa shape index (κ1) is 16.2. The van der Waals surface area contributed by atoms with Crippen LogP contribution in [-0.4, -0.2) is 24.5 Å². The first-order chi connectivity index (χ1) is 8.85. The molecule has 0 fully saturated rings. The monoisotopic (exact) mass is 262 g/mol. The van der Waals surface area contributed by atoms with E-state index in [1.54, 1.807) is 0 Å². The van der Waals surface area contributed by atoms with E-state index in [2.05, 4.69) is 64.8 Å². The molecule has 2 atom stereocenters. The lowest BCUT2D eigenvalue weighted by atomic mass is 9.97. The van der Waals surface area contributed by atoms with Gasteiger partial charge < -0.3 is 5.73 Å². The standard InChI is InChI=1S/C17H30N2/c1-12(2)7-15(5)19(6)17(11-18)16-9-13(3)8-14(4)10-16/h8-10,12,15,17H,7,11,18H2,1-6H3. The van der Waals surface area contributed by atoms with Crippen molar-refractivity contribution in [3.8, 4) is 0 Å². The second-order valence-corrected chi connectivity index (χ2v) is 6.32. The molecule has 0 aliphatic carbocycles. The Bertz CT molecular complexity index is 378. The van der Waals surface area contributed by atoms with Crippen LogP contribution in [0.5, 0.6) is 0 Å². The third-order valence-corrected chi connectivity index (χ3v) is 3.85. The summed E-state index contributed by atoms with van der Waals surface area (Å²) in [6, 6.07) is 7.61. The van der Waals surface area contributed by atoms with Crippen molar-refractivity contribution in [1.29, 1.82) is 0 Å². The van der Waals surface area contributed by atoms with E-state index in [9.17, 15) is 0 Å². The molecule has 0 aliphatic heterocycles. The Morgan fingerprint density at radius 1 is 1.05 bits per heavy atom. The van der Waals surface area contributed by atoms with Crippen LogP contribution in [0.3, 0.4) is 0 Å². The van der Waals surface area contributed by atoms with Gasteiger partial charge in [0, 0.05) is 18.6 Å². The van der Waals surface area contributed by atoms with Gasteiger partial charge in [0.25, 0.3) is 0 Å². The first-order valence-corrected chi connectivity index (χ1v) is 7.35. The van der Waals surface area contributed by atoms with Crippen LogP contribution in [0, 0.1) is 19.8 Å². The average molecular weight is 262 g/mol. The van der Waals surface area contributed by atoms with E-state index in [4.69, 9.17) is 5.73 Å². The highest BCUT2D eigenvalue weighted by molar-refractivity contribution is 5.31. The fraction of sp³-hybridized carbons (Fsp3) is 0.647. The second-order valence-electron chi connectivity index (χ2n) is 6.32. The van der Waals surface area contributed by atoms with Gasteiger partial charge in [0.05, 0.1) is 0 Å². The highest BCUT2D eigenvalue weighted by Gasteiger charge is 2.21. The highest BCUT2D eigenvalue weighted by Crippen LogP contribution is 2.24. The second kappa shape index (κ2) is 7.06. The van der Waals surface area contributed by atoms with Crippen LogP contribution in [0.25, 0.3) is 0 Å². The zero-order valence-corrected chi connectivity index (χ0v) is 13.4. The maximum Gasteiger partial charge on any atom is 0.0470 e. The lowest BCUT2D eigenvalue weighted by Crippen LogP contribution is -2.37. The molecule has 108 valence electrons. The molecule has 0 radical (unpaired) electrons. The van der Waals surface area contributed by atoms with Gasteiger partial charge in [-0.3, -0.25) is 4.90 Å². The summed E-state index contributed by atoms with van der Waals surface area (Å²) in [5.74, 6) is 0.718. The summed E-state index contributed by atoms with van der Waals surface area (Å²) in [6.07, 6.45) is 1.21. The van der Waals surface area contributed by atoms with Crippen LogP contribution in [0.4, 0.5) is 0 Å². The van der Waals surface area contributed by atoms with E-state index in [1.165, 1.54) is 23.1 Å². The van der Waals surface area contributed by atoms with Crippen molar-refractivity contribution in [3.05, 3.63) is 34.9 Å². The molecule has 1 aromatic rings. The number of rotatable bonds is 6. The van der Waals surface area contributed by atoms with Crippen molar-refractivity contribution in [2.45, 2.75) is 53.1 Å². The zero-order valence-electron chi connectivity index (χ0n) is 13.4. The lowest BCUT2D eigenvalue weighted by molar-refractivity contribution is 0.168. The SMILES string of the molecule is Cc1cc(C)cc(C(CN)N(C)C(C)CC(C)C)c1. The van der Waals surface area contributed by atoms with Crippen molar-refractivity contribution >= 4 is 0 Å². The molecular formula is C17H30N2. The number of hydrogen-bond donors (Lipinski definition) is 1. The Morgan fingerprint density at radius 2 is 1.58 bits per heavy atom. The van der Waals surface area contributed by atoms with E-state index in [0.29, 0.717) is 18.6 Å². The Labute approximate surface area is 119 Å². The van der Waals surface area contributed by atoms with E-state index in [1.807, 2.05) is 0 Å². The minimum Gasteiger partial charge on any atom is -0.329 e. The Morgan fingerprint density at radius 3 is 2.00 bits per heavy atom. The topological polar surface area (TPSA) is 29.3 Å². The summed E-state index contributed by atoms with van der Waals surface area (Å²) in [7, 11) is 2.20. The Balaban J connectivity index is 2.92. The van der Waals surface area contributed by atoms with Crippen LogP contribution in [-0.2, 0) is 0 Å². The number of likely N-dealkylation sites (N-methyl/N-ethyl adjacent to an activating group) is 1. The van der Waals surface area contributed by atoms with Gasteiger partial charge in [-0.05, 0) is 45.7 Å². The van der Waals surface area contributed by atoms with Crippen molar-refractivity contribution in [2.75, 3.05) is 13.6 Å². The van der Waals surface area contributed by atoms with Gasteiger partial charge in [-0.15, -0.1) is 0 Å². The van der Waals surface area contributed by atoms with Gasteiger partial charge in [-0.1, -0.05) is 43.2 Å². The summed E-state index contributed by atoms with van der Waals surface area (Å²) in [5.41, 5.74) is 10.0. The van der Waals surface area contributed by atoms with E-state index in [-0.39, 0.29) is 0 Å². The number of aryl methyl sites for hydroxylation is 2.